The Bertz CT molecular complexity index is 1140. The molecule has 31 heavy (non-hydrogen) atoms. The van der Waals surface area contributed by atoms with Gasteiger partial charge in [-0.15, -0.1) is 0 Å². The molecule has 0 atom stereocenters. The van der Waals surface area contributed by atoms with Crippen LogP contribution in [0.25, 0.3) is 0 Å². The van der Waals surface area contributed by atoms with Gasteiger partial charge in [0.05, 0.1) is 17.3 Å². The first-order valence-corrected chi connectivity index (χ1v) is 13.1. The summed E-state index contributed by atoms with van der Waals surface area (Å²) in [4.78, 5) is 17.1. The highest BCUT2D eigenvalue weighted by atomic mass is 32.3. The quantitative estimate of drug-likeness (QED) is 0.701. The molecular weight excluding hydrogens is 420 g/mol. The maximum absolute atomic E-state index is 13.8. The minimum absolute atomic E-state index is 0.0116. The summed E-state index contributed by atoms with van der Waals surface area (Å²) in [5.41, 5.74) is 2.57. The number of halogens is 2. The first-order chi connectivity index (χ1) is 14.5. The van der Waals surface area contributed by atoms with Crippen LogP contribution in [0, 0.1) is 11.3 Å². The SMILES string of the molecule is CS1(C)(=O)CCN(c2ccc(C#N)cc2)c2ccc(C(=O)N3CCC(F)(F)CC3)cc21. The van der Waals surface area contributed by atoms with E-state index in [-0.39, 0.29) is 31.8 Å². The number of carbonyl (C=O) groups excluding carboxylic acids is 1. The standard InChI is InChI=1S/C23H25F2N3O2S/c1-31(2,30)14-13-28(19-6-3-17(16-26)4-7-19)20-8-5-18(15-21(20)31)22(29)27-11-9-23(24,25)10-12-27/h3-8,15H,9-14H2,1-2H3. The predicted molar refractivity (Wildman–Crippen MR) is 118 cm³/mol. The van der Waals surface area contributed by atoms with Crippen LogP contribution in [0.15, 0.2) is 47.4 Å². The Balaban J connectivity index is 1.70. The lowest BCUT2D eigenvalue weighted by atomic mass is 10.1. The van der Waals surface area contributed by atoms with Crippen molar-refractivity contribution in [3.8, 4) is 6.07 Å². The van der Waals surface area contributed by atoms with Crippen LogP contribution in [0.3, 0.4) is 0 Å². The van der Waals surface area contributed by atoms with Crippen LogP contribution in [0.2, 0.25) is 0 Å². The molecule has 2 heterocycles. The van der Waals surface area contributed by atoms with Gasteiger partial charge in [0.1, 0.15) is 0 Å². The van der Waals surface area contributed by atoms with Gasteiger partial charge in [-0.2, -0.15) is 5.26 Å². The zero-order valence-electron chi connectivity index (χ0n) is 17.6. The Labute approximate surface area is 180 Å². The molecule has 1 amide bonds. The van der Waals surface area contributed by atoms with Gasteiger partial charge < -0.3 is 9.80 Å². The van der Waals surface area contributed by atoms with Crippen LogP contribution in [0.5, 0.6) is 0 Å². The van der Waals surface area contributed by atoms with E-state index in [4.69, 9.17) is 5.26 Å². The van der Waals surface area contributed by atoms with Crippen molar-refractivity contribution >= 4 is 26.3 Å². The molecular formula is C23H25F2N3O2S. The molecule has 0 aliphatic carbocycles. The summed E-state index contributed by atoms with van der Waals surface area (Å²) in [7, 11) is -3.19. The van der Waals surface area contributed by atoms with Crippen molar-refractivity contribution in [3.63, 3.8) is 0 Å². The van der Waals surface area contributed by atoms with Crippen LogP contribution in [-0.2, 0) is 9.07 Å². The highest BCUT2D eigenvalue weighted by Crippen LogP contribution is 2.44. The molecule has 0 unspecified atom stereocenters. The van der Waals surface area contributed by atoms with Crippen molar-refractivity contribution in [2.75, 3.05) is 42.8 Å². The van der Waals surface area contributed by atoms with Crippen LogP contribution in [0.4, 0.5) is 20.2 Å². The fourth-order valence-electron chi connectivity index (χ4n) is 4.17. The third kappa shape index (κ3) is 4.07. The van der Waals surface area contributed by atoms with E-state index in [0.717, 1.165) is 11.4 Å². The lowest BCUT2D eigenvalue weighted by Gasteiger charge is -2.45. The highest BCUT2D eigenvalue weighted by molar-refractivity contribution is 8.19. The van der Waals surface area contributed by atoms with Gasteiger partial charge in [-0.25, -0.2) is 8.78 Å². The topological polar surface area (TPSA) is 64.4 Å². The molecule has 8 heteroatoms. The lowest BCUT2D eigenvalue weighted by molar-refractivity contribution is -0.0494. The number of nitrogens with zero attached hydrogens (tertiary/aromatic N) is 3. The summed E-state index contributed by atoms with van der Waals surface area (Å²) in [6, 6.07) is 14.4. The number of rotatable bonds is 2. The lowest BCUT2D eigenvalue weighted by Crippen LogP contribution is -2.45. The molecule has 1 fully saturated rings. The Morgan fingerprint density at radius 1 is 1.06 bits per heavy atom. The van der Waals surface area contributed by atoms with Gasteiger partial charge in [-0.1, -0.05) is 9.07 Å². The second-order valence-electron chi connectivity index (χ2n) is 8.92. The molecule has 0 saturated carbocycles. The monoisotopic (exact) mass is 445 g/mol. The van der Waals surface area contributed by atoms with Gasteiger partial charge in [-0.3, -0.25) is 9.00 Å². The number of amides is 1. The Hall–Kier alpha value is -2.79. The average Bonchev–Trinajstić information content (AvgIpc) is 2.73. The smallest absolute Gasteiger partial charge is 0.253 e. The highest BCUT2D eigenvalue weighted by Gasteiger charge is 2.39. The Kier molecular flexibility index (Phi) is 4.93. The van der Waals surface area contributed by atoms with Gasteiger partial charge in [0, 0.05) is 54.4 Å². The molecule has 1 saturated heterocycles. The fourth-order valence-corrected chi connectivity index (χ4v) is 6.43. The van der Waals surface area contributed by atoms with Crippen molar-refractivity contribution in [2.45, 2.75) is 23.7 Å². The number of piperidine rings is 1. The fraction of sp³-hybridized carbons (Fsp3) is 0.391. The van der Waals surface area contributed by atoms with E-state index in [1.54, 1.807) is 42.8 Å². The van der Waals surface area contributed by atoms with Crippen LogP contribution in [-0.4, -0.2) is 58.8 Å². The molecule has 0 spiro atoms. The molecule has 0 radical (unpaired) electrons. The Morgan fingerprint density at radius 3 is 2.32 bits per heavy atom. The molecule has 2 aromatic rings. The molecule has 164 valence electrons. The van der Waals surface area contributed by atoms with Gasteiger partial charge in [0.2, 0.25) is 0 Å². The summed E-state index contributed by atoms with van der Waals surface area (Å²) in [6.07, 6.45) is 2.80. The van der Waals surface area contributed by atoms with E-state index in [0.29, 0.717) is 28.3 Å². The molecule has 2 aliphatic heterocycles. The maximum Gasteiger partial charge on any atom is 0.253 e. The average molecular weight is 446 g/mol. The van der Waals surface area contributed by atoms with Crippen molar-refractivity contribution in [3.05, 3.63) is 53.6 Å². The minimum atomic E-state index is -3.19. The van der Waals surface area contributed by atoms with Crippen LogP contribution in [0.1, 0.15) is 28.8 Å². The zero-order valence-corrected chi connectivity index (χ0v) is 18.4. The molecule has 0 aromatic heterocycles. The molecule has 5 nitrogen and oxygen atoms in total. The third-order valence-corrected chi connectivity index (χ3v) is 9.25. The second kappa shape index (κ2) is 7.13. The number of alkyl halides is 2. The van der Waals surface area contributed by atoms with E-state index in [9.17, 15) is 17.8 Å². The number of hydrogen-bond acceptors (Lipinski definition) is 4. The molecule has 2 aliphatic rings. The van der Waals surface area contributed by atoms with Crippen molar-refractivity contribution in [2.24, 2.45) is 0 Å². The van der Waals surface area contributed by atoms with E-state index in [2.05, 4.69) is 6.07 Å². The van der Waals surface area contributed by atoms with Gasteiger partial charge in [-0.05, 0) is 55.0 Å². The van der Waals surface area contributed by atoms with E-state index < -0.39 is 15.0 Å². The van der Waals surface area contributed by atoms with Crippen LogP contribution >= 0.6 is 0 Å². The van der Waals surface area contributed by atoms with Crippen molar-refractivity contribution in [1.82, 2.24) is 4.90 Å². The largest absolute Gasteiger partial charge is 0.340 e. The predicted octanol–water partition coefficient (Wildman–Crippen LogP) is 4.02. The van der Waals surface area contributed by atoms with Gasteiger partial charge >= 0.3 is 0 Å². The number of hydrogen-bond donors (Lipinski definition) is 0. The van der Waals surface area contributed by atoms with Gasteiger partial charge in [0.15, 0.2) is 0 Å². The van der Waals surface area contributed by atoms with Gasteiger partial charge in [0.25, 0.3) is 11.8 Å². The number of likely N-dealkylation sites (tertiary alicyclic amines) is 1. The molecule has 0 N–H and O–H groups in total. The second-order valence-corrected chi connectivity index (χ2v) is 13.9. The summed E-state index contributed by atoms with van der Waals surface area (Å²) < 4.78 is 40.8. The molecule has 4 rings (SSSR count). The Morgan fingerprint density at radius 2 is 1.71 bits per heavy atom. The maximum atomic E-state index is 13.8. The van der Waals surface area contributed by atoms with E-state index in [1.165, 1.54) is 4.90 Å². The number of nitriles is 1. The summed E-state index contributed by atoms with van der Waals surface area (Å²) in [5, 5.41) is 9.04. The number of benzene rings is 2. The van der Waals surface area contributed by atoms with E-state index in [1.807, 2.05) is 17.0 Å². The third-order valence-electron chi connectivity index (χ3n) is 6.18. The first kappa shape index (κ1) is 21.4. The minimum Gasteiger partial charge on any atom is -0.340 e. The van der Waals surface area contributed by atoms with Crippen molar-refractivity contribution in [1.29, 1.82) is 5.26 Å². The molecule has 0 bridgehead atoms. The van der Waals surface area contributed by atoms with E-state index >= 15 is 0 Å². The number of fused-ring (bicyclic) bond motifs is 1. The summed E-state index contributed by atoms with van der Waals surface area (Å²) in [6.45, 7) is 0.571. The zero-order chi connectivity index (χ0) is 22.5. The van der Waals surface area contributed by atoms with Crippen molar-refractivity contribution < 1.29 is 17.8 Å². The number of carbonyl (C=O) groups is 1. The first-order valence-electron chi connectivity index (χ1n) is 10.2. The van der Waals surface area contributed by atoms with Crippen LogP contribution < -0.4 is 4.90 Å². The normalized spacial score (nSPS) is 22.5. The number of anilines is 2. The molecule has 2 aromatic carbocycles. The summed E-state index contributed by atoms with van der Waals surface area (Å²) in [5.74, 6) is -2.60. The summed E-state index contributed by atoms with van der Waals surface area (Å²) >= 11 is 0.